The molecule has 0 saturated heterocycles. The summed E-state index contributed by atoms with van der Waals surface area (Å²) in [6.07, 6.45) is -3.29. The molecule has 0 aromatic heterocycles. The molecule has 0 spiro atoms. The first-order valence-electron chi connectivity index (χ1n) is 7.39. The molecule has 3 nitrogen and oxygen atoms in total. The maximum atomic E-state index is 12.7. The summed E-state index contributed by atoms with van der Waals surface area (Å²) in [5.41, 5.74) is 0.114. The van der Waals surface area contributed by atoms with Crippen LogP contribution in [0.15, 0.2) is 59.5 Å². The quantitative estimate of drug-likeness (QED) is 0.785. The predicted molar refractivity (Wildman–Crippen MR) is 86.0 cm³/mol. The zero-order valence-electron chi connectivity index (χ0n) is 13.1. The van der Waals surface area contributed by atoms with E-state index in [-0.39, 0.29) is 11.4 Å². The van der Waals surface area contributed by atoms with E-state index in [0.717, 1.165) is 22.0 Å². The first kappa shape index (κ1) is 18.5. The highest BCUT2D eigenvalue weighted by atomic mass is 32.2. The Balaban J connectivity index is 2.06. The largest absolute Gasteiger partial charge is 0.416 e. The second kappa shape index (κ2) is 7.36. The van der Waals surface area contributed by atoms with Crippen molar-refractivity contribution >= 4 is 10.0 Å². The monoisotopic (exact) mass is 357 g/mol. The molecule has 0 heterocycles. The van der Waals surface area contributed by atoms with Crippen LogP contribution in [0.2, 0.25) is 0 Å². The Labute approximate surface area is 139 Å². The van der Waals surface area contributed by atoms with Gasteiger partial charge in [-0.25, -0.2) is 12.7 Å². The molecule has 0 aliphatic heterocycles. The average Bonchev–Trinajstić information content (AvgIpc) is 2.55. The van der Waals surface area contributed by atoms with Gasteiger partial charge in [0.15, 0.2) is 0 Å². The number of sulfonamides is 1. The predicted octanol–water partition coefficient (Wildman–Crippen LogP) is 3.96. The molecule has 2 aromatic carbocycles. The maximum absolute atomic E-state index is 12.7. The van der Waals surface area contributed by atoms with Crippen LogP contribution in [-0.4, -0.2) is 26.3 Å². The lowest BCUT2D eigenvalue weighted by atomic mass is 10.1. The van der Waals surface area contributed by atoms with Crippen LogP contribution in [0.25, 0.3) is 0 Å². The second-order valence-electron chi connectivity index (χ2n) is 5.44. The fourth-order valence-electron chi connectivity index (χ4n) is 2.28. The van der Waals surface area contributed by atoms with Gasteiger partial charge in [-0.05, 0) is 36.6 Å². The van der Waals surface area contributed by atoms with Gasteiger partial charge in [-0.2, -0.15) is 13.2 Å². The highest BCUT2D eigenvalue weighted by Gasteiger charge is 2.32. The van der Waals surface area contributed by atoms with Crippen LogP contribution in [-0.2, 0) is 22.6 Å². The number of hydrogen-bond acceptors (Lipinski definition) is 2. The van der Waals surface area contributed by atoms with Gasteiger partial charge in [-0.3, -0.25) is 0 Å². The number of rotatable bonds is 6. The third-order valence-corrected chi connectivity index (χ3v) is 5.50. The van der Waals surface area contributed by atoms with Crippen molar-refractivity contribution in [3.8, 4) is 0 Å². The van der Waals surface area contributed by atoms with Gasteiger partial charge in [0, 0.05) is 13.6 Å². The SMILES string of the molecule is CN(CCCc1ccccc1)S(=O)(=O)c1cccc(C(F)(F)F)c1. The van der Waals surface area contributed by atoms with E-state index in [0.29, 0.717) is 18.9 Å². The summed E-state index contributed by atoms with van der Waals surface area (Å²) >= 11 is 0. The number of benzene rings is 2. The molecular formula is C17H18F3NO2S. The van der Waals surface area contributed by atoms with Crippen LogP contribution in [0.1, 0.15) is 17.5 Å². The van der Waals surface area contributed by atoms with Crippen LogP contribution in [0.4, 0.5) is 13.2 Å². The smallest absolute Gasteiger partial charge is 0.207 e. The lowest BCUT2D eigenvalue weighted by Gasteiger charge is -2.18. The standard InChI is InChI=1S/C17H18F3NO2S/c1-21(12-6-9-14-7-3-2-4-8-14)24(22,23)16-11-5-10-15(13-16)17(18,19)20/h2-5,7-8,10-11,13H,6,9,12H2,1H3. The molecule has 130 valence electrons. The van der Waals surface area contributed by atoms with Gasteiger partial charge in [0.2, 0.25) is 10.0 Å². The zero-order chi connectivity index (χ0) is 17.8. The Hall–Kier alpha value is -1.86. The Bertz CT molecular complexity index is 774. The van der Waals surface area contributed by atoms with Crippen molar-refractivity contribution < 1.29 is 21.6 Å². The fourth-order valence-corrected chi connectivity index (χ4v) is 3.54. The molecule has 0 bridgehead atoms. The average molecular weight is 357 g/mol. The van der Waals surface area contributed by atoms with Crippen molar-refractivity contribution in [1.29, 1.82) is 0 Å². The molecule has 0 saturated carbocycles. The van der Waals surface area contributed by atoms with Crippen LogP contribution >= 0.6 is 0 Å². The van der Waals surface area contributed by atoms with Crippen LogP contribution in [0, 0.1) is 0 Å². The number of alkyl halides is 3. The number of aryl methyl sites for hydroxylation is 1. The lowest BCUT2D eigenvalue weighted by Crippen LogP contribution is -2.28. The number of halogens is 3. The summed E-state index contributed by atoms with van der Waals surface area (Å²) in [6.45, 7) is 0.230. The van der Waals surface area contributed by atoms with E-state index in [9.17, 15) is 21.6 Å². The summed E-state index contributed by atoms with van der Waals surface area (Å²) in [5, 5.41) is 0. The Morgan fingerprint density at radius 3 is 2.29 bits per heavy atom. The molecule has 0 aliphatic rings. The summed E-state index contributed by atoms with van der Waals surface area (Å²) in [4.78, 5) is -0.348. The van der Waals surface area contributed by atoms with Crippen LogP contribution in [0.3, 0.4) is 0 Å². The maximum Gasteiger partial charge on any atom is 0.416 e. The molecule has 2 aromatic rings. The van der Waals surface area contributed by atoms with Gasteiger partial charge in [0.1, 0.15) is 0 Å². The van der Waals surface area contributed by atoms with E-state index < -0.39 is 21.8 Å². The Morgan fingerprint density at radius 2 is 1.67 bits per heavy atom. The summed E-state index contributed by atoms with van der Waals surface area (Å²) < 4.78 is 64.1. The van der Waals surface area contributed by atoms with E-state index in [4.69, 9.17) is 0 Å². The summed E-state index contributed by atoms with van der Waals surface area (Å²) in [6, 6.07) is 13.4. The number of hydrogen-bond donors (Lipinski definition) is 0. The van der Waals surface area contributed by atoms with Gasteiger partial charge in [0.25, 0.3) is 0 Å². The summed E-state index contributed by atoms with van der Waals surface area (Å²) in [7, 11) is -2.57. The van der Waals surface area contributed by atoms with Gasteiger partial charge < -0.3 is 0 Å². The van der Waals surface area contributed by atoms with Gasteiger partial charge in [0.05, 0.1) is 10.5 Å². The molecule has 7 heteroatoms. The van der Waals surface area contributed by atoms with E-state index in [1.807, 2.05) is 30.3 Å². The summed E-state index contributed by atoms with van der Waals surface area (Å²) in [5.74, 6) is 0. The molecule has 0 fully saturated rings. The Kier molecular flexibility index (Phi) is 5.66. The van der Waals surface area contributed by atoms with Crippen molar-refractivity contribution in [2.45, 2.75) is 23.9 Å². The minimum Gasteiger partial charge on any atom is -0.207 e. The second-order valence-corrected chi connectivity index (χ2v) is 7.49. The highest BCUT2D eigenvalue weighted by Crippen LogP contribution is 2.31. The minimum absolute atomic E-state index is 0.230. The van der Waals surface area contributed by atoms with E-state index in [1.165, 1.54) is 13.1 Å². The van der Waals surface area contributed by atoms with Crippen LogP contribution < -0.4 is 0 Å². The highest BCUT2D eigenvalue weighted by molar-refractivity contribution is 7.89. The molecule has 0 atom stereocenters. The lowest BCUT2D eigenvalue weighted by molar-refractivity contribution is -0.137. The molecule has 0 N–H and O–H groups in total. The molecule has 2 rings (SSSR count). The normalized spacial score (nSPS) is 12.5. The molecule has 0 unspecified atom stereocenters. The third kappa shape index (κ3) is 4.58. The first-order valence-corrected chi connectivity index (χ1v) is 8.83. The zero-order valence-corrected chi connectivity index (χ0v) is 13.9. The van der Waals surface area contributed by atoms with Gasteiger partial charge in [-0.1, -0.05) is 36.4 Å². The van der Waals surface area contributed by atoms with Crippen LogP contribution in [0.5, 0.6) is 0 Å². The topological polar surface area (TPSA) is 37.4 Å². The van der Waals surface area contributed by atoms with Gasteiger partial charge in [-0.15, -0.1) is 0 Å². The Morgan fingerprint density at radius 1 is 1.00 bits per heavy atom. The molecule has 0 radical (unpaired) electrons. The molecular weight excluding hydrogens is 339 g/mol. The van der Waals surface area contributed by atoms with Crippen molar-refractivity contribution in [2.75, 3.05) is 13.6 Å². The van der Waals surface area contributed by atoms with Crippen molar-refractivity contribution in [3.63, 3.8) is 0 Å². The van der Waals surface area contributed by atoms with E-state index >= 15 is 0 Å². The van der Waals surface area contributed by atoms with Crippen molar-refractivity contribution in [3.05, 3.63) is 65.7 Å². The van der Waals surface area contributed by atoms with E-state index in [2.05, 4.69) is 0 Å². The molecule has 0 amide bonds. The number of nitrogens with zero attached hydrogens (tertiary/aromatic N) is 1. The van der Waals surface area contributed by atoms with Crippen molar-refractivity contribution in [1.82, 2.24) is 4.31 Å². The van der Waals surface area contributed by atoms with E-state index in [1.54, 1.807) is 0 Å². The molecule has 0 aliphatic carbocycles. The third-order valence-electron chi connectivity index (χ3n) is 3.65. The minimum atomic E-state index is -4.57. The van der Waals surface area contributed by atoms with Crippen molar-refractivity contribution in [2.24, 2.45) is 0 Å². The fraction of sp³-hybridized carbons (Fsp3) is 0.294. The first-order chi connectivity index (χ1) is 11.2. The van der Waals surface area contributed by atoms with Gasteiger partial charge >= 0.3 is 6.18 Å². The molecule has 24 heavy (non-hydrogen) atoms.